The van der Waals surface area contributed by atoms with E-state index >= 15 is 8.78 Å². The monoisotopic (exact) mass is 1020 g/mol. The molecule has 5 aromatic rings. The number of ether oxygens (including phenoxy) is 2. The third kappa shape index (κ3) is 8.51. The lowest BCUT2D eigenvalue weighted by molar-refractivity contribution is -0.136. The zero-order chi connectivity index (χ0) is 51.9. The number of halogens is 2. The Morgan fingerprint density at radius 1 is 0.987 bits per heavy atom. The van der Waals surface area contributed by atoms with Crippen LogP contribution in [0.25, 0.3) is 32.9 Å². The number of phenolic OH excluding ortho intramolecular Hbond substituents is 1. The maximum atomic E-state index is 17.3. The van der Waals surface area contributed by atoms with Gasteiger partial charge in [0.15, 0.2) is 5.82 Å². The van der Waals surface area contributed by atoms with Crippen LogP contribution in [-0.2, 0) is 14.3 Å². The number of terminal acetylenes is 1. The van der Waals surface area contributed by atoms with Gasteiger partial charge in [-0.2, -0.15) is 9.97 Å². The summed E-state index contributed by atoms with van der Waals surface area (Å²) in [6, 6.07) is 9.68. The summed E-state index contributed by atoms with van der Waals surface area (Å²) < 4.78 is 44.9. The Balaban J connectivity index is 0.710. The molecular formula is C55H54F2N10O8. The lowest BCUT2D eigenvalue weighted by atomic mass is 9.94. The first-order valence-corrected chi connectivity index (χ1v) is 25.6. The molecule has 6 fully saturated rings. The van der Waals surface area contributed by atoms with Crippen molar-refractivity contribution in [2.45, 2.75) is 87.5 Å². The molecule has 2 bridgehead atoms. The summed E-state index contributed by atoms with van der Waals surface area (Å²) in [5.74, 6) is -0.850. The van der Waals surface area contributed by atoms with Crippen molar-refractivity contribution in [3.05, 3.63) is 89.1 Å². The number of nitrogens with one attached hydrogen (secondary N) is 3. The van der Waals surface area contributed by atoms with Crippen molar-refractivity contribution in [3.8, 4) is 35.4 Å². The molecule has 3 aromatic carbocycles. The van der Waals surface area contributed by atoms with Gasteiger partial charge in [-0.05, 0) is 93.0 Å². The van der Waals surface area contributed by atoms with Crippen LogP contribution in [0.4, 0.5) is 25.1 Å². The van der Waals surface area contributed by atoms with Crippen LogP contribution in [0, 0.1) is 29.9 Å². The van der Waals surface area contributed by atoms with Gasteiger partial charge in [0.05, 0.1) is 27.6 Å². The zero-order valence-corrected chi connectivity index (χ0v) is 41.0. The van der Waals surface area contributed by atoms with Gasteiger partial charge in [0.25, 0.3) is 11.8 Å². The van der Waals surface area contributed by atoms with E-state index in [0.29, 0.717) is 87.2 Å². The number of amides is 5. The van der Waals surface area contributed by atoms with Crippen LogP contribution in [0.2, 0.25) is 0 Å². The summed E-state index contributed by atoms with van der Waals surface area (Å²) in [6.07, 6.45) is 12.4. The van der Waals surface area contributed by atoms with Crippen molar-refractivity contribution in [2.75, 3.05) is 62.7 Å². The quantitative estimate of drug-likeness (QED) is 0.0715. The first kappa shape index (κ1) is 48.2. The van der Waals surface area contributed by atoms with Crippen LogP contribution in [0.15, 0.2) is 60.8 Å². The molecule has 7 aliphatic heterocycles. The van der Waals surface area contributed by atoms with Crippen LogP contribution >= 0.6 is 0 Å². The van der Waals surface area contributed by atoms with Gasteiger partial charge in [0, 0.05) is 86.6 Å². The van der Waals surface area contributed by atoms with E-state index < -0.39 is 52.9 Å². The second-order valence-corrected chi connectivity index (χ2v) is 21.0. The Morgan fingerprint density at radius 2 is 1.79 bits per heavy atom. The van der Waals surface area contributed by atoms with E-state index in [9.17, 15) is 29.1 Å². The smallest absolute Gasteiger partial charge is 0.409 e. The highest BCUT2D eigenvalue weighted by atomic mass is 19.1. The fourth-order valence-corrected chi connectivity index (χ4v) is 12.7. The number of piperazine rings is 1. The van der Waals surface area contributed by atoms with E-state index in [1.165, 1.54) is 30.5 Å². The number of nitrogens with zero attached hydrogens (tertiary/aromatic N) is 7. The largest absolute Gasteiger partial charge is 0.508 e. The molecule has 75 heavy (non-hydrogen) atoms. The average molecular weight is 1020 g/mol. The van der Waals surface area contributed by atoms with Gasteiger partial charge in [0.1, 0.15) is 47.9 Å². The molecule has 3 unspecified atom stereocenters. The molecule has 6 saturated heterocycles. The van der Waals surface area contributed by atoms with E-state index in [1.54, 1.807) is 23.1 Å². The van der Waals surface area contributed by atoms with Crippen molar-refractivity contribution < 1.29 is 47.3 Å². The van der Waals surface area contributed by atoms with Crippen molar-refractivity contribution in [2.24, 2.45) is 5.92 Å². The van der Waals surface area contributed by atoms with Crippen LogP contribution in [-0.4, -0.2) is 147 Å². The lowest BCUT2D eigenvalue weighted by Gasteiger charge is -2.35. The molecule has 5 amide bonds. The molecule has 0 radical (unpaired) electrons. The number of imide groups is 2. The number of pyridine rings is 1. The average Bonchev–Trinajstić information content (AvgIpc) is 4.13. The summed E-state index contributed by atoms with van der Waals surface area (Å²) in [5.41, 5.74) is 1.21. The Bertz CT molecular complexity index is 3310. The number of aromatic hydroxyl groups is 1. The molecule has 0 saturated carbocycles. The number of carbonyl (C=O) groups is 5. The number of phenols is 1. The number of hydrogen-bond acceptors (Lipinski definition) is 15. The minimum Gasteiger partial charge on any atom is -0.508 e. The summed E-state index contributed by atoms with van der Waals surface area (Å²) in [7, 11) is 0. The van der Waals surface area contributed by atoms with Gasteiger partial charge < -0.3 is 35.0 Å². The zero-order valence-electron chi connectivity index (χ0n) is 41.0. The van der Waals surface area contributed by atoms with E-state index in [4.69, 9.17) is 25.9 Å². The summed E-state index contributed by atoms with van der Waals surface area (Å²) >= 11 is 0. The Kier molecular flexibility index (Phi) is 12.1. The number of carbonyl (C=O) groups excluding carboxylic acids is 5. The fourth-order valence-electron chi connectivity index (χ4n) is 12.7. The summed E-state index contributed by atoms with van der Waals surface area (Å²) in [5, 5.41) is 21.0. The molecular weight excluding hydrogens is 967 g/mol. The third-order valence-electron chi connectivity index (χ3n) is 16.4. The molecule has 7 aliphatic rings. The van der Waals surface area contributed by atoms with Gasteiger partial charge in [-0.1, -0.05) is 30.2 Å². The van der Waals surface area contributed by atoms with E-state index in [1.807, 2.05) is 0 Å². The standard InChI is InChI=1S/C55H54F2N10O8/c1-3-36-40(56)10-7-31-19-35(68)20-38(44(31)36)47-46(57)48-39(23-59-47)49(65-25-32-8-9-33(26-65)60-32)63-53(62-48)75-28-55-16-13-34(66(55)24-29(2)21-55)27-74-54(73)64-17-14-30(15-18-64)22-58-41-6-4-5-37-45(41)52(72)67(51(37)71)42-11-12-43(69)61-50(42)70/h1,4-7,10,19-20,23,30,32-34,42,58,60,68H,2,8-9,11-18,21-22,24-28H2,(H,61,69,70)/t32?,33?,34-,42?,55-/m0/s1. The van der Waals surface area contributed by atoms with Gasteiger partial charge >= 0.3 is 12.1 Å². The van der Waals surface area contributed by atoms with Gasteiger partial charge in [-0.25, -0.2) is 13.6 Å². The topological polar surface area (TPSA) is 212 Å². The normalized spacial score (nSPS) is 24.8. The van der Waals surface area contributed by atoms with Crippen LogP contribution in [0.3, 0.4) is 0 Å². The number of fused-ring (bicyclic) bond motifs is 6. The minimum absolute atomic E-state index is 0.0245. The molecule has 0 aliphatic carbocycles. The highest BCUT2D eigenvalue weighted by Gasteiger charge is 2.52. The van der Waals surface area contributed by atoms with Crippen LogP contribution < -0.4 is 25.6 Å². The molecule has 0 spiro atoms. The Morgan fingerprint density at radius 3 is 2.56 bits per heavy atom. The van der Waals surface area contributed by atoms with Gasteiger partial charge in [-0.15, -0.1) is 6.42 Å². The number of aromatic nitrogens is 3. The molecule has 386 valence electrons. The lowest BCUT2D eigenvalue weighted by Crippen LogP contribution is -2.54. The first-order chi connectivity index (χ1) is 36.2. The van der Waals surface area contributed by atoms with Crippen molar-refractivity contribution in [1.82, 2.24) is 40.3 Å². The van der Waals surface area contributed by atoms with E-state index in [2.05, 4.69) is 43.2 Å². The van der Waals surface area contributed by atoms with Gasteiger partial charge in [-0.3, -0.25) is 39.3 Å². The number of rotatable bonds is 11. The number of anilines is 2. The van der Waals surface area contributed by atoms with Crippen molar-refractivity contribution in [1.29, 1.82) is 0 Å². The SMILES string of the molecule is C#Cc1c(F)ccc2cc(O)cc(-c3ncc4c(N5CC6CCC(C5)N6)nc(OC[C@@]56CC[C@@H](COC(=O)N7CCC(CNc8cccc9c8C(=O)N(C8CCC(=O)NC8=O)C9=O)CC7)N5CC(=C)C6)nc4c3F)c12. The molecule has 4 N–H and O–H groups in total. The number of hydrogen-bond donors (Lipinski definition) is 4. The summed E-state index contributed by atoms with van der Waals surface area (Å²) in [4.78, 5) is 86.1. The first-order valence-electron chi connectivity index (χ1n) is 25.6. The highest BCUT2D eigenvalue weighted by Crippen LogP contribution is 2.45. The van der Waals surface area contributed by atoms with E-state index in [-0.39, 0.29) is 101 Å². The van der Waals surface area contributed by atoms with Crippen molar-refractivity contribution in [3.63, 3.8) is 0 Å². The maximum Gasteiger partial charge on any atom is 0.409 e. The Labute approximate surface area is 429 Å². The van der Waals surface area contributed by atoms with Crippen molar-refractivity contribution >= 4 is 62.9 Å². The van der Waals surface area contributed by atoms with Crippen LogP contribution in [0.1, 0.15) is 84.1 Å². The molecule has 18 nitrogen and oxygen atoms in total. The molecule has 2 aromatic heterocycles. The Hall–Kier alpha value is -7.76. The second-order valence-electron chi connectivity index (χ2n) is 21.0. The third-order valence-corrected chi connectivity index (χ3v) is 16.4. The minimum atomic E-state index is -1.06. The number of piperidine rings is 2. The fraction of sp³-hybridized carbons (Fsp3) is 0.418. The van der Waals surface area contributed by atoms with Gasteiger partial charge in [0.2, 0.25) is 11.8 Å². The number of likely N-dealkylation sites (tertiary alicyclic amines) is 1. The maximum absolute atomic E-state index is 17.3. The summed E-state index contributed by atoms with van der Waals surface area (Å²) in [6.45, 7) is 7.95. The molecule has 5 atom stereocenters. The molecule has 12 rings (SSSR count). The molecule has 20 heteroatoms. The predicted molar refractivity (Wildman–Crippen MR) is 271 cm³/mol. The molecule has 9 heterocycles. The highest BCUT2D eigenvalue weighted by molar-refractivity contribution is 6.25. The number of benzene rings is 3. The second kappa shape index (κ2) is 18.9. The van der Waals surface area contributed by atoms with E-state index in [0.717, 1.165) is 29.7 Å². The van der Waals surface area contributed by atoms with Crippen LogP contribution in [0.5, 0.6) is 11.8 Å². The predicted octanol–water partition coefficient (Wildman–Crippen LogP) is 5.65.